The largest absolute Gasteiger partial charge is 0.424 e. The Morgan fingerprint density at radius 2 is 1.60 bits per heavy atom. The van der Waals surface area contributed by atoms with Gasteiger partial charge in [-0.25, -0.2) is 19.3 Å². The van der Waals surface area contributed by atoms with E-state index in [1.165, 1.54) is 12.1 Å². The van der Waals surface area contributed by atoms with Crippen LogP contribution in [0.1, 0.15) is 0 Å². The number of aromatic amines is 1. The van der Waals surface area contributed by atoms with Crippen LogP contribution in [0.3, 0.4) is 0 Å². The highest BCUT2D eigenvalue weighted by Crippen LogP contribution is 2.23. The Kier molecular flexibility index (Phi) is 3.92. The first-order valence-electron chi connectivity index (χ1n) is 7.64. The lowest BCUT2D eigenvalue weighted by Crippen LogP contribution is -1.92. The first kappa shape index (κ1) is 15.0. The maximum Gasteiger partial charge on any atom is 0.321 e. The van der Waals surface area contributed by atoms with Crippen molar-refractivity contribution < 1.29 is 9.13 Å². The van der Waals surface area contributed by atoms with Crippen molar-refractivity contribution in [1.29, 1.82) is 0 Å². The highest BCUT2D eigenvalue weighted by molar-refractivity contribution is 5.63. The van der Waals surface area contributed by atoms with Gasteiger partial charge in [0.1, 0.15) is 17.4 Å². The van der Waals surface area contributed by atoms with Crippen molar-refractivity contribution in [2.75, 3.05) is 0 Å². The minimum absolute atomic E-state index is 0.264. The van der Waals surface area contributed by atoms with Gasteiger partial charge in [0.15, 0.2) is 0 Å². The van der Waals surface area contributed by atoms with E-state index >= 15 is 0 Å². The van der Waals surface area contributed by atoms with Crippen molar-refractivity contribution in [3.05, 3.63) is 79.0 Å². The standard InChI is InChI=1S/C19H13FN4O/c20-15-6-4-5-13(9-15)18-21-12-17(24-18)14-10-22-19(23-11-14)25-16-7-2-1-3-8-16/h1-12H,(H,21,24). The van der Waals surface area contributed by atoms with Crippen LogP contribution in [-0.2, 0) is 0 Å². The fraction of sp³-hybridized carbons (Fsp3) is 0. The van der Waals surface area contributed by atoms with E-state index in [0.717, 1.165) is 11.3 Å². The zero-order valence-corrected chi connectivity index (χ0v) is 13.1. The molecule has 2 aromatic carbocycles. The van der Waals surface area contributed by atoms with Crippen LogP contribution in [0, 0.1) is 5.82 Å². The van der Waals surface area contributed by atoms with Crippen LogP contribution in [0.2, 0.25) is 0 Å². The summed E-state index contributed by atoms with van der Waals surface area (Å²) in [5.41, 5.74) is 2.18. The smallest absolute Gasteiger partial charge is 0.321 e. The van der Waals surface area contributed by atoms with Gasteiger partial charge in [0.25, 0.3) is 0 Å². The van der Waals surface area contributed by atoms with Gasteiger partial charge in [-0.05, 0) is 24.3 Å². The lowest BCUT2D eigenvalue weighted by molar-refractivity contribution is 0.442. The van der Waals surface area contributed by atoms with Crippen molar-refractivity contribution >= 4 is 0 Å². The number of ether oxygens (including phenoxy) is 1. The summed E-state index contributed by atoms with van der Waals surface area (Å²) in [6.45, 7) is 0. The number of nitrogens with zero attached hydrogens (tertiary/aromatic N) is 3. The molecule has 25 heavy (non-hydrogen) atoms. The van der Waals surface area contributed by atoms with Gasteiger partial charge in [-0.2, -0.15) is 0 Å². The first-order valence-corrected chi connectivity index (χ1v) is 7.64. The molecule has 122 valence electrons. The molecule has 2 heterocycles. The van der Waals surface area contributed by atoms with Crippen LogP contribution in [-0.4, -0.2) is 19.9 Å². The molecule has 0 spiro atoms. The molecule has 0 unspecified atom stereocenters. The van der Waals surface area contributed by atoms with Crippen molar-refractivity contribution in [3.8, 4) is 34.4 Å². The monoisotopic (exact) mass is 332 g/mol. The first-order chi connectivity index (χ1) is 12.3. The van der Waals surface area contributed by atoms with Gasteiger partial charge in [-0.15, -0.1) is 0 Å². The molecule has 0 fully saturated rings. The molecule has 0 bridgehead atoms. The van der Waals surface area contributed by atoms with Gasteiger partial charge in [0, 0.05) is 23.5 Å². The second-order valence-electron chi connectivity index (χ2n) is 5.33. The number of H-pyrrole nitrogens is 1. The molecule has 4 aromatic rings. The number of halogens is 1. The summed E-state index contributed by atoms with van der Waals surface area (Å²) in [6, 6.07) is 15.8. The van der Waals surface area contributed by atoms with Gasteiger partial charge < -0.3 is 9.72 Å². The van der Waals surface area contributed by atoms with Crippen molar-refractivity contribution in [1.82, 2.24) is 19.9 Å². The summed E-state index contributed by atoms with van der Waals surface area (Å²) in [4.78, 5) is 15.8. The summed E-state index contributed by atoms with van der Waals surface area (Å²) in [5, 5.41) is 0. The SMILES string of the molecule is Fc1cccc(-c2ncc(-c3cnc(Oc4ccccc4)nc3)[nH]2)c1. The van der Waals surface area contributed by atoms with Crippen molar-refractivity contribution in [3.63, 3.8) is 0 Å². The number of rotatable bonds is 4. The molecule has 0 saturated carbocycles. The fourth-order valence-electron chi connectivity index (χ4n) is 2.35. The summed E-state index contributed by atoms with van der Waals surface area (Å²) in [7, 11) is 0. The number of hydrogen-bond donors (Lipinski definition) is 1. The maximum atomic E-state index is 13.3. The molecule has 1 N–H and O–H groups in total. The molecule has 4 rings (SSSR count). The third-order valence-electron chi connectivity index (χ3n) is 3.57. The summed E-state index contributed by atoms with van der Waals surface area (Å²) < 4.78 is 18.9. The summed E-state index contributed by atoms with van der Waals surface area (Å²) in [5.74, 6) is 0.950. The number of hydrogen-bond acceptors (Lipinski definition) is 4. The second kappa shape index (κ2) is 6.52. The quantitative estimate of drug-likeness (QED) is 0.599. The Hall–Kier alpha value is -3.54. The maximum absolute atomic E-state index is 13.3. The predicted molar refractivity (Wildman–Crippen MR) is 91.5 cm³/mol. The molecule has 2 aromatic heterocycles. The summed E-state index contributed by atoms with van der Waals surface area (Å²) in [6.07, 6.45) is 4.96. The van der Waals surface area contributed by atoms with Crippen LogP contribution >= 0.6 is 0 Å². The Morgan fingerprint density at radius 1 is 0.800 bits per heavy atom. The van der Waals surface area contributed by atoms with E-state index in [1.807, 2.05) is 30.3 Å². The Bertz CT molecular complexity index is 984. The molecular weight excluding hydrogens is 319 g/mol. The zero-order valence-electron chi connectivity index (χ0n) is 13.1. The fourth-order valence-corrected chi connectivity index (χ4v) is 2.35. The normalized spacial score (nSPS) is 10.6. The van der Waals surface area contributed by atoms with E-state index in [9.17, 15) is 4.39 Å². The van der Waals surface area contributed by atoms with Gasteiger partial charge in [0.05, 0.1) is 11.9 Å². The molecule has 0 amide bonds. The molecule has 0 saturated heterocycles. The molecule has 0 aliphatic carbocycles. The molecule has 0 radical (unpaired) electrons. The minimum Gasteiger partial charge on any atom is -0.424 e. The molecular formula is C19H13FN4O. The average Bonchev–Trinajstić information content (AvgIpc) is 3.13. The van der Waals surface area contributed by atoms with E-state index in [4.69, 9.17) is 4.74 Å². The second-order valence-corrected chi connectivity index (χ2v) is 5.33. The number of para-hydroxylation sites is 1. The van der Waals surface area contributed by atoms with Crippen molar-refractivity contribution in [2.45, 2.75) is 0 Å². The molecule has 5 nitrogen and oxygen atoms in total. The predicted octanol–water partition coefficient (Wildman–Crippen LogP) is 4.47. The Balaban J connectivity index is 1.55. The van der Waals surface area contributed by atoms with Crippen LogP contribution < -0.4 is 4.74 Å². The highest BCUT2D eigenvalue weighted by Gasteiger charge is 2.08. The number of nitrogens with one attached hydrogen (secondary N) is 1. The molecule has 6 heteroatoms. The lowest BCUT2D eigenvalue weighted by atomic mass is 10.2. The minimum atomic E-state index is -0.304. The zero-order chi connectivity index (χ0) is 17.1. The Morgan fingerprint density at radius 3 is 2.36 bits per heavy atom. The number of benzene rings is 2. The third kappa shape index (κ3) is 3.37. The van der Waals surface area contributed by atoms with Crippen LogP contribution in [0.15, 0.2) is 73.2 Å². The highest BCUT2D eigenvalue weighted by atomic mass is 19.1. The van der Waals surface area contributed by atoms with Gasteiger partial charge >= 0.3 is 6.01 Å². The average molecular weight is 332 g/mol. The van der Waals surface area contributed by atoms with E-state index < -0.39 is 0 Å². The van der Waals surface area contributed by atoms with E-state index in [1.54, 1.807) is 30.7 Å². The van der Waals surface area contributed by atoms with Crippen LogP contribution in [0.4, 0.5) is 4.39 Å². The van der Waals surface area contributed by atoms with Gasteiger partial charge in [-0.3, -0.25) is 0 Å². The lowest BCUT2D eigenvalue weighted by Gasteiger charge is -2.03. The molecule has 0 atom stereocenters. The van der Waals surface area contributed by atoms with E-state index in [2.05, 4.69) is 19.9 Å². The molecule has 0 aliphatic rings. The van der Waals surface area contributed by atoms with Crippen LogP contribution in [0.5, 0.6) is 11.8 Å². The van der Waals surface area contributed by atoms with E-state index in [0.29, 0.717) is 17.1 Å². The van der Waals surface area contributed by atoms with Crippen molar-refractivity contribution in [2.24, 2.45) is 0 Å². The number of imidazole rings is 1. The molecule has 0 aliphatic heterocycles. The number of aromatic nitrogens is 4. The van der Waals surface area contributed by atoms with Gasteiger partial charge in [-0.1, -0.05) is 30.3 Å². The third-order valence-corrected chi connectivity index (χ3v) is 3.57. The van der Waals surface area contributed by atoms with Crippen LogP contribution in [0.25, 0.3) is 22.6 Å². The Labute approximate surface area is 143 Å². The van der Waals surface area contributed by atoms with Gasteiger partial charge in [0.2, 0.25) is 0 Å². The summed E-state index contributed by atoms with van der Waals surface area (Å²) >= 11 is 0. The topological polar surface area (TPSA) is 63.7 Å². The van der Waals surface area contributed by atoms with E-state index in [-0.39, 0.29) is 11.8 Å².